The minimum Gasteiger partial charge on any atom is -0.310 e. The number of fused-ring (bicyclic) bond motifs is 1. The fourth-order valence-electron chi connectivity index (χ4n) is 4.24. The van der Waals surface area contributed by atoms with Crippen molar-refractivity contribution in [2.75, 3.05) is 11.9 Å². The molecule has 1 aromatic carbocycles. The maximum Gasteiger partial charge on any atom is 0.231 e. The van der Waals surface area contributed by atoms with Crippen LogP contribution >= 0.6 is 0 Å². The van der Waals surface area contributed by atoms with Gasteiger partial charge < -0.3 is 10.2 Å². The first-order valence-corrected chi connectivity index (χ1v) is 10.8. The lowest BCUT2D eigenvalue weighted by Crippen LogP contribution is -2.32. The molecule has 0 spiro atoms. The highest BCUT2D eigenvalue weighted by molar-refractivity contribution is 6.08. The van der Waals surface area contributed by atoms with Gasteiger partial charge in [0.2, 0.25) is 11.9 Å². The third kappa shape index (κ3) is 4.17. The molecule has 1 saturated heterocycles. The number of aryl methyl sites for hydroxylation is 1. The van der Waals surface area contributed by atoms with Crippen LogP contribution in [-0.2, 0) is 23.1 Å². The second kappa shape index (κ2) is 8.90. The molecular formula is C24H19FN8O2. The van der Waals surface area contributed by atoms with E-state index in [-0.39, 0.29) is 29.4 Å². The molecule has 0 radical (unpaired) electrons. The van der Waals surface area contributed by atoms with Crippen LogP contribution in [0.15, 0.2) is 65.6 Å². The number of hydrogen-bond acceptors (Lipinski definition) is 8. The molecule has 11 heteroatoms. The Labute approximate surface area is 199 Å². The van der Waals surface area contributed by atoms with Gasteiger partial charge in [-0.15, -0.1) is 5.10 Å². The molecule has 10 nitrogen and oxygen atoms in total. The number of hydrogen-bond donors (Lipinski definition) is 1. The van der Waals surface area contributed by atoms with Crippen molar-refractivity contribution < 1.29 is 14.0 Å². The highest BCUT2D eigenvalue weighted by atomic mass is 19.1. The number of carbonyl (C=O) groups excluding carboxylic acids is 2. The lowest BCUT2D eigenvalue weighted by atomic mass is 9.85. The Morgan fingerprint density at radius 1 is 1.31 bits per heavy atom. The summed E-state index contributed by atoms with van der Waals surface area (Å²) in [5.74, 6) is -1.42. The van der Waals surface area contributed by atoms with E-state index in [1.54, 1.807) is 37.4 Å². The van der Waals surface area contributed by atoms with E-state index >= 15 is 0 Å². The summed E-state index contributed by atoms with van der Waals surface area (Å²) in [5.41, 5.74) is 1.59. The third-order valence-corrected chi connectivity index (χ3v) is 5.86. The van der Waals surface area contributed by atoms with Gasteiger partial charge in [0.05, 0.1) is 29.9 Å². The fraction of sp³-hybridized carbons (Fsp3) is 0.208. The Bertz CT molecular complexity index is 1450. The fourth-order valence-corrected chi connectivity index (χ4v) is 4.24. The molecule has 5 rings (SSSR count). The molecular weight excluding hydrogens is 451 g/mol. The monoisotopic (exact) mass is 470 g/mol. The quantitative estimate of drug-likeness (QED) is 0.601. The van der Waals surface area contributed by atoms with Gasteiger partial charge in [0, 0.05) is 19.8 Å². The second-order valence-corrected chi connectivity index (χ2v) is 8.08. The van der Waals surface area contributed by atoms with Crippen molar-refractivity contribution in [3.05, 3.63) is 82.7 Å². The molecule has 2 aromatic heterocycles. The van der Waals surface area contributed by atoms with E-state index in [9.17, 15) is 19.2 Å². The van der Waals surface area contributed by atoms with Crippen LogP contribution in [0, 0.1) is 17.1 Å². The summed E-state index contributed by atoms with van der Waals surface area (Å²) >= 11 is 0. The number of halogens is 1. The number of ketones is 1. The molecule has 1 aliphatic heterocycles. The van der Waals surface area contributed by atoms with E-state index < -0.39 is 17.5 Å². The average Bonchev–Trinajstić information content (AvgIpc) is 3.46. The van der Waals surface area contributed by atoms with Gasteiger partial charge in [0.25, 0.3) is 0 Å². The largest absolute Gasteiger partial charge is 0.310 e. The number of benzene rings is 1. The molecule has 1 unspecified atom stereocenters. The summed E-state index contributed by atoms with van der Waals surface area (Å²) in [5, 5.41) is 20.9. The van der Waals surface area contributed by atoms with Gasteiger partial charge in [0.1, 0.15) is 17.5 Å². The zero-order valence-electron chi connectivity index (χ0n) is 18.6. The highest BCUT2D eigenvalue weighted by Gasteiger charge is 2.39. The van der Waals surface area contributed by atoms with Crippen LogP contribution in [0.25, 0.3) is 0 Å². The number of Topliss-reactive ketones (excluding diaryl/α,β-unsaturated/α-hetero) is 1. The molecule has 174 valence electrons. The molecule has 0 bridgehead atoms. The Kier molecular flexibility index (Phi) is 5.62. The summed E-state index contributed by atoms with van der Waals surface area (Å²) in [7, 11) is 1.68. The predicted molar refractivity (Wildman–Crippen MR) is 121 cm³/mol. The van der Waals surface area contributed by atoms with Gasteiger partial charge in [-0.2, -0.15) is 15.2 Å². The van der Waals surface area contributed by atoms with Gasteiger partial charge in [-0.1, -0.05) is 24.3 Å². The Morgan fingerprint density at radius 2 is 2.14 bits per heavy atom. The van der Waals surface area contributed by atoms with Crippen LogP contribution in [-0.4, -0.2) is 48.1 Å². The number of allylic oxidation sites excluding steroid dienone is 3. The van der Waals surface area contributed by atoms with Crippen molar-refractivity contribution in [1.29, 1.82) is 5.26 Å². The smallest absolute Gasteiger partial charge is 0.231 e. The SMILES string of the molecule is Cn1ncc(Nc2nccc(C3C=C4CCN(C(=O)Cc5ccccc5F)C4=C(C#N)C3=O)n2)n1. The van der Waals surface area contributed by atoms with Crippen molar-refractivity contribution in [2.45, 2.75) is 18.8 Å². The van der Waals surface area contributed by atoms with Crippen molar-refractivity contribution >= 4 is 23.5 Å². The molecule has 1 aliphatic carbocycles. The molecule has 1 atom stereocenters. The number of nitrogens with one attached hydrogen (secondary N) is 1. The maximum atomic E-state index is 14.1. The standard InChI is InChI=1S/C24H19FN8O2/c1-32-28-13-20(31-32)30-24-27-8-6-19(29-24)16-10-15-7-9-33(22(15)17(12-26)23(16)35)21(34)11-14-4-2-3-5-18(14)25/h2-6,8,10,13,16H,7,9,11H2,1H3,(H,27,29,30,31). The van der Waals surface area contributed by atoms with Gasteiger partial charge in [-0.3, -0.25) is 9.59 Å². The van der Waals surface area contributed by atoms with Crippen LogP contribution in [0.2, 0.25) is 0 Å². The number of carbonyl (C=O) groups is 2. The molecule has 3 heterocycles. The van der Waals surface area contributed by atoms with Gasteiger partial charge >= 0.3 is 0 Å². The number of nitrogens with zero attached hydrogens (tertiary/aromatic N) is 7. The number of rotatable bonds is 5. The van der Waals surface area contributed by atoms with Crippen LogP contribution < -0.4 is 5.32 Å². The molecule has 3 aromatic rings. The minimum absolute atomic E-state index is 0.103. The van der Waals surface area contributed by atoms with Gasteiger partial charge in [-0.25, -0.2) is 14.4 Å². The van der Waals surface area contributed by atoms with E-state index in [1.807, 2.05) is 6.07 Å². The van der Waals surface area contributed by atoms with Crippen LogP contribution in [0.5, 0.6) is 0 Å². The van der Waals surface area contributed by atoms with Crippen molar-refractivity contribution in [2.24, 2.45) is 7.05 Å². The zero-order chi connectivity index (χ0) is 24.5. The molecule has 2 aliphatic rings. The normalized spacial score (nSPS) is 17.2. The van der Waals surface area contributed by atoms with Crippen molar-refractivity contribution in [3.8, 4) is 6.07 Å². The molecule has 35 heavy (non-hydrogen) atoms. The van der Waals surface area contributed by atoms with E-state index in [2.05, 4.69) is 25.5 Å². The summed E-state index contributed by atoms with van der Waals surface area (Å²) < 4.78 is 14.1. The number of likely N-dealkylation sites (tertiary alicyclic amines) is 1. The second-order valence-electron chi connectivity index (χ2n) is 8.08. The van der Waals surface area contributed by atoms with Crippen molar-refractivity contribution in [3.63, 3.8) is 0 Å². The Morgan fingerprint density at radius 3 is 2.89 bits per heavy atom. The topological polar surface area (TPSA) is 130 Å². The Hall–Kier alpha value is -4.72. The van der Waals surface area contributed by atoms with Crippen LogP contribution in [0.1, 0.15) is 23.6 Å². The first-order valence-electron chi connectivity index (χ1n) is 10.8. The van der Waals surface area contributed by atoms with Gasteiger partial charge in [-0.05, 0) is 29.7 Å². The van der Waals surface area contributed by atoms with E-state index in [4.69, 9.17) is 0 Å². The minimum atomic E-state index is -0.796. The predicted octanol–water partition coefficient (Wildman–Crippen LogP) is 2.33. The number of aromatic nitrogens is 5. The highest BCUT2D eigenvalue weighted by Crippen LogP contribution is 2.39. The van der Waals surface area contributed by atoms with E-state index in [0.717, 1.165) is 5.57 Å². The molecule has 0 saturated carbocycles. The number of amides is 1. The maximum absolute atomic E-state index is 14.1. The first-order chi connectivity index (χ1) is 16.9. The molecule has 1 fully saturated rings. The average molecular weight is 470 g/mol. The molecule has 1 N–H and O–H groups in total. The van der Waals surface area contributed by atoms with Crippen LogP contribution in [0.4, 0.5) is 16.2 Å². The zero-order valence-corrected chi connectivity index (χ0v) is 18.6. The summed E-state index contributed by atoms with van der Waals surface area (Å²) in [6.45, 7) is 0.308. The summed E-state index contributed by atoms with van der Waals surface area (Å²) in [6, 6.07) is 9.64. The van der Waals surface area contributed by atoms with Gasteiger partial charge in [0.15, 0.2) is 11.6 Å². The number of nitriles is 1. The van der Waals surface area contributed by atoms with Crippen molar-refractivity contribution in [1.82, 2.24) is 29.9 Å². The van der Waals surface area contributed by atoms with E-state index in [0.29, 0.717) is 30.2 Å². The number of anilines is 2. The lowest BCUT2D eigenvalue weighted by Gasteiger charge is -2.24. The van der Waals surface area contributed by atoms with Crippen LogP contribution in [0.3, 0.4) is 0 Å². The molecule has 1 amide bonds. The summed E-state index contributed by atoms with van der Waals surface area (Å²) in [4.78, 5) is 37.7. The first kappa shape index (κ1) is 22.1. The Balaban J connectivity index is 1.42. The van der Waals surface area contributed by atoms with E-state index in [1.165, 1.54) is 28.2 Å². The third-order valence-electron chi connectivity index (χ3n) is 5.86. The lowest BCUT2D eigenvalue weighted by molar-refractivity contribution is -0.127. The summed E-state index contributed by atoms with van der Waals surface area (Å²) in [6.07, 6.45) is 5.07.